The molecule has 4 rings (SSSR count). The minimum absolute atomic E-state index is 0.0962. The third-order valence-corrected chi connectivity index (χ3v) is 3.68. The third kappa shape index (κ3) is 2.99. The second-order valence-electron chi connectivity index (χ2n) is 5.31. The molecule has 0 saturated heterocycles. The Labute approximate surface area is 145 Å². The molecule has 0 aromatic carbocycles. The van der Waals surface area contributed by atoms with E-state index in [4.69, 9.17) is 11.5 Å². The van der Waals surface area contributed by atoms with Gasteiger partial charge in [0.15, 0.2) is 22.3 Å². The number of hydrogen-bond donors (Lipinski definition) is 4. The molecule has 26 heavy (non-hydrogen) atoms. The number of imidazole rings is 2. The van der Waals surface area contributed by atoms with Gasteiger partial charge in [0.05, 0.1) is 12.7 Å². The Morgan fingerprint density at radius 1 is 0.846 bits per heavy atom. The average molecular weight is 358 g/mol. The van der Waals surface area contributed by atoms with E-state index in [1.54, 1.807) is 21.8 Å². The van der Waals surface area contributed by atoms with Gasteiger partial charge in [-0.15, -0.1) is 0 Å². The van der Waals surface area contributed by atoms with E-state index in [-0.39, 0.29) is 23.0 Å². The van der Waals surface area contributed by atoms with Crippen LogP contribution in [-0.4, -0.2) is 39.0 Å². The Hall–Kier alpha value is -3.70. The normalized spacial score (nSPS) is 10.8. The summed E-state index contributed by atoms with van der Waals surface area (Å²) in [5, 5.41) is 0. The quantitative estimate of drug-likeness (QED) is 0.368. The van der Waals surface area contributed by atoms with Crippen molar-refractivity contribution in [3.63, 3.8) is 0 Å². The second-order valence-corrected chi connectivity index (χ2v) is 5.31. The SMILES string of the molecule is CCn1cnc2nc(N)[nH]c(=O)c21.CCn1cnc2nc(N)[nH]c(=O)c21. The summed E-state index contributed by atoms with van der Waals surface area (Å²) >= 11 is 0. The van der Waals surface area contributed by atoms with Gasteiger partial charge in [0.2, 0.25) is 11.9 Å². The van der Waals surface area contributed by atoms with Crippen LogP contribution in [0.15, 0.2) is 22.2 Å². The summed E-state index contributed by atoms with van der Waals surface area (Å²) < 4.78 is 3.45. The zero-order valence-electron chi connectivity index (χ0n) is 14.2. The number of fused-ring (bicyclic) bond motifs is 2. The first-order valence-electron chi connectivity index (χ1n) is 7.85. The topological polar surface area (TPSA) is 179 Å². The van der Waals surface area contributed by atoms with Gasteiger partial charge in [0.1, 0.15) is 0 Å². The molecule has 6 N–H and O–H groups in total. The Kier molecular flexibility index (Phi) is 4.39. The molecule has 4 aromatic rings. The lowest BCUT2D eigenvalue weighted by molar-refractivity contribution is 0.783. The molecule has 0 unspecified atom stereocenters. The van der Waals surface area contributed by atoms with Crippen molar-refractivity contribution < 1.29 is 0 Å². The van der Waals surface area contributed by atoms with Crippen LogP contribution in [0, 0.1) is 0 Å². The summed E-state index contributed by atoms with van der Waals surface area (Å²) in [4.78, 5) is 43.4. The molecule has 0 spiro atoms. The Morgan fingerprint density at radius 2 is 1.23 bits per heavy atom. The lowest BCUT2D eigenvalue weighted by Crippen LogP contribution is -2.13. The van der Waals surface area contributed by atoms with Crippen molar-refractivity contribution in [1.82, 2.24) is 39.0 Å². The van der Waals surface area contributed by atoms with Crippen LogP contribution >= 0.6 is 0 Å². The van der Waals surface area contributed by atoms with Gasteiger partial charge < -0.3 is 20.6 Å². The Bertz CT molecular complexity index is 1090. The third-order valence-electron chi connectivity index (χ3n) is 3.68. The first kappa shape index (κ1) is 17.1. The number of aryl methyl sites for hydroxylation is 2. The summed E-state index contributed by atoms with van der Waals surface area (Å²) in [6.45, 7) is 5.23. The number of aromatic amines is 2. The fourth-order valence-corrected chi connectivity index (χ4v) is 2.49. The Morgan fingerprint density at radius 3 is 1.58 bits per heavy atom. The van der Waals surface area contributed by atoms with Crippen molar-refractivity contribution in [3.8, 4) is 0 Å². The van der Waals surface area contributed by atoms with Gasteiger partial charge in [-0.1, -0.05) is 0 Å². The van der Waals surface area contributed by atoms with Crippen LogP contribution in [0.2, 0.25) is 0 Å². The Balaban J connectivity index is 0.000000151. The van der Waals surface area contributed by atoms with Gasteiger partial charge in [-0.3, -0.25) is 19.6 Å². The van der Waals surface area contributed by atoms with Gasteiger partial charge in [0.25, 0.3) is 11.1 Å². The van der Waals surface area contributed by atoms with Gasteiger partial charge in [-0.05, 0) is 13.8 Å². The van der Waals surface area contributed by atoms with Crippen LogP contribution in [0.4, 0.5) is 11.9 Å². The van der Waals surface area contributed by atoms with Gasteiger partial charge >= 0.3 is 0 Å². The van der Waals surface area contributed by atoms with E-state index >= 15 is 0 Å². The molecule has 0 radical (unpaired) electrons. The summed E-state index contributed by atoms with van der Waals surface area (Å²) in [5.74, 6) is 0.192. The number of nitrogens with two attached hydrogens (primary N) is 2. The molecule has 4 aromatic heterocycles. The fraction of sp³-hybridized carbons (Fsp3) is 0.286. The van der Waals surface area contributed by atoms with E-state index in [0.717, 1.165) is 0 Å². The maximum atomic E-state index is 11.4. The number of H-pyrrole nitrogens is 2. The van der Waals surface area contributed by atoms with Crippen molar-refractivity contribution in [2.75, 3.05) is 11.5 Å². The zero-order valence-corrected chi connectivity index (χ0v) is 14.2. The monoisotopic (exact) mass is 358 g/mol. The molecule has 0 saturated carbocycles. The number of nitrogen functional groups attached to an aromatic ring is 2. The molecule has 0 aliphatic carbocycles. The smallest absolute Gasteiger partial charge is 0.278 e. The average Bonchev–Trinajstić information content (AvgIpc) is 3.18. The lowest BCUT2D eigenvalue weighted by atomic mass is 10.5. The standard InChI is InChI=1S/2C7H9N5O/c2*1-2-12-3-9-5-4(12)6(13)11-7(8)10-5/h2*3H,2H2,1H3,(H3,8,10,11,13). The van der Waals surface area contributed by atoms with E-state index in [1.165, 1.54) is 0 Å². The predicted octanol–water partition coefficient (Wildman–Crippen LogP) is -0.557. The van der Waals surface area contributed by atoms with E-state index in [2.05, 4.69) is 29.9 Å². The van der Waals surface area contributed by atoms with Crippen molar-refractivity contribution in [2.45, 2.75) is 26.9 Å². The van der Waals surface area contributed by atoms with Crippen molar-refractivity contribution >= 4 is 34.2 Å². The first-order chi connectivity index (χ1) is 12.4. The fourth-order valence-electron chi connectivity index (χ4n) is 2.49. The number of aromatic nitrogens is 8. The van der Waals surface area contributed by atoms with Crippen LogP contribution in [0.25, 0.3) is 22.3 Å². The van der Waals surface area contributed by atoms with Gasteiger partial charge in [-0.2, -0.15) is 9.97 Å². The molecule has 0 bridgehead atoms. The van der Waals surface area contributed by atoms with Crippen molar-refractivity contribution in [3.05, 3.63) is 33.4 Å². The number of nitrogens with zero attached hydrogens (tertiary/aromatic N) is 6. The summed E-state index contributed by atoms with van der Waals surface area (Å²) in [7, 11) is 0. The minimum atomic E-state index is -0.248. The number of rotatable bonds is 2. The van der Waals surface area contributed by atoms with Crippen LogP contribution < -0.4 is 22.6 Å². The molecular weight excluding hydrogens is 340 g/mol. The molecule has 4 heterocycles. The van der Waals surface area contributed by atoms with Gasteiger partial charge in [-0.25, -0.2) is 9.97 Å². The molecule has 136 valence electrons. The summed E-state index contributed by atoms with van der Waals surface area (Å²) in [5.41, 5.74) is 11.9. The van der Waals surface area contributed by atoms with Crippen LogP contribution in [0.1, 0.15) is 13.8 Å². The maximum absolute atomic E-state index is 11.4. The lowest BCUT2D eigenvalue weighted by Gasteiger charge is -1.96. The largest absolute Gasteiger partial charge is 0.369 e. The number of nitrogens with one attached hydrogen (secondary N) is 2. The molecule has 0 fully saturated rings. The molecular formula is C14H18N10O2. The van der Waals surface area contributed by atoms with E-state index in [9.17, 15) is 9.59 Å². The highest BCUT2D eigenvalue weighted by Crippen LogP contribution is 2.05. The maximum Gasteiger partial charge on any atom is 0.278 e. The van der Waals surface area contributed by atoms with Crippen molar-refractivity contribution in [1.29, 1.82) is 0 Å². The zero-order chi connectivity index (χ0) is 18.8. The highest BCUT2D eigenvalue weighted by atomic mass is 16.1. The molecule has 0 amide bonds. The summed E-state index contributed by atoms with van der Waals surface area (Å²) in [6.07, 6.45) is 3.15. The van der Waals surface area contributed by atoms with E-state index < -0.39 is 0 Å². The van der Waals surface area contributed by atoms with E-state index in [0.29, 0.717) is 35.4 Å². The molecule has 0 aliphatic rings. The second kappa shape index (κ2) is 6.66. The molecule has 12 heteroatoms. The minimum Gasteiger partial charge on any atom is -0.369 e. The van der Waals surface area contributed by atoms with E-state index in [1.807, 2.05) is 13.8 Å². The predicted molar refractivity (Wildman–Crippen MR) is 96.5 cm³/mol. The van der Waals surface area contributed by atoms with Gasteiger partial charge in [0, 0.05) is 13.1 Å². The highest BCUT2D eigenvalue weighted by Gasteiger charge is 2.08. The first-order valence-corrected chi connectivity index (χ1v) is 7.85. The van der Waals surface area contributed by atoms with Crippen LogP contribution in [0.5, 0.6) is 0 Å². The van der Waals surface area contributed by atoms with Crippen molar-refractivity contribution in [2.24, 2.45) is 0 Å². The molecule has 0 aliphatic heterocycles. The number of anilines is 2. The molecule has 12 nitrogen and oxygen atoms in total. The number of hydrogen-bond acceptors (Lipinski definition) is 8. The summed E-state index contributed by atoms with van der Waals surface area (Å²) in [6, 6.07) is 0. The van der Waals surface area contributed by atoms with Crippen LogP contribution in [0.3, 0.4) is 0 Å². The molecule has 0 atom stereocenters. The highest BCUT2D eigenvalue weighted by molar-refractivity contribution is 5.71. The van der Waals surface area contributed by atoms with Crippen LogP contribution in [-0.2, 0) is 13.1 Å².